The summed E-state index contributed by atoms with van der Waals surface area (Å²) >= 11 is 13.3. The van der Waals surface area contributed by atoms with Crippen molar-refractivity contribution in [2.24, 2.45) is 0 Å². The van der Waals surface area contributed by atoms with Gasteiger partial charge in [-0.15, -0.1) is 0 Å². The van der Waals surface area contributed by atoms with Crippen LogP contribution in [0.25, 0.3) is 0 Å². The van der Waals surface area contributed by atoms with E-state index in [1.807, 2.05) is 24.3 Å². The van der Waals surface area contributed by atoms with E-state index in [9.17, 15) is 0 Å². The minimum absolute atomic E-state index is 0.110. The highest BCUT2D eigenvalue weighted by Crippen LogP contribution is 2.31. The normalized spacial score (nSPS) is 12.4. The smallest absolute Gasteiger partial charge is 0.0591 e. The summed E-state index contributed by atoms with van der Waals surface area (Å²) in [5.74, 6) is 0. The van der Waals surface area contributed by atoms with Crippen LogP contribution in [0, 0.1) is 0 Å². The van der Waals surface area contributed by atoms with Crippen molar-refractivity contribution in [2.45, 2.75) is 13.0 Å². The largest absolute Gasteiger partial charge is 0.306 e. The summed E-state index contributed by atoms with van der Waals surface area (Å²) in [5.41, 5.74) is 2.29. The standard InChI is InChI=1S/C15H14Br2ClN/c1-2-19-15(10-3-5-11(16)6-4-10)13-8-7-12(17)9-14(13)18/h3-9,15,19H,2H2,1H3. The quantitative estimate of drug-likeness (QED) is 0.704. The minimum atomic E-state index is 0.110. The van der Waals surface area contributed by atoms with E-state index in [-0.39, 0.29) is 6.04 Å². The first-order chi connectivity index (χ1) is 9.11. The van der Waals surface area contributed by atoms with Crippen molar-refractivity contribution < 1.29 is 0 Å². The highest BCUT2D eigenvalue weighted by atomic mass is 79.9. The molecule has 0 aromatic heterocycles. The van der Waals surface area contributed by atoms with Gasteiger partial charge >= 0.3 is 0 Å². The number of hydrogen-bond acceptors (Lipinski definition) is 1. The van der Waals surface area contributed by atoms with Crippen molar-refractivity contribution in [1.82, 2.24) is 5.32 Å². The number of rotatable bonds is 4. The van der Waals surface area contributed by atoms with Crippen LogP contribution in [-0.2, 0) is 0 Å². The summed E-state index contributed by atoms with van der Waals surface area (Å²) in [6, 6.07) is 14.4. The molecule has 0 saturated heterocycles. The Balaban J connectivity index is 2.41. The van der Waals surface area contributed by atoms with E-state index in [0.717, 1.165) is 26.1 Å². The van der Waals surface area contributed by atoms with E-state index in [4.69, 9.17) is 11.6 Å². The third-order valence-corrected chi connectivity index (χ3v) is 4.23. The van der Waals surface area contributed by atoms with Crippen molar-refractivity contribution in [3.05, 3.63) is 67.6 Å². The predicted octanol–water partition coefficient (Wildman–Crippen LogP) is 5.56. The summed E-state index contributed by atoms with van der Waals surface area (Å²) in [6.45, 7) is 2.98. The van der Waals surface area contributed by atoms with Gasteiger partial charge in [-0.3, -0.25) is 0 Å². The molecule has 0 saturated carbocycles. The molecule has 1 nitrogen and oxygen atoms in total. The first kappa shape index (κ1) is 15.0. The zero-order valence-corrected chi connectivity index (χ0v) is 14.4. The molecule has 1 unspecified atom stereocenters. The van der Waals surface area contributed by atoms with Gasteiger partial charge in [0, 0.05) is 14.0 Å². The van der Waals surface area contributed by atoms with Gasteiger partial charge in [0.15, 0.2) is 0 Å². The van der Waals surface area contributed by atoms with Gasteiger partial charge in [-0.1, -0.05) is 68.6 Å². The van der Waals surface area contributed by atoms with Crippen molar-refractivity contribution in [2.75, 3.05) is 6.54 Å². The fourth-order valence-corrected chi connectivity index (χ4v) is 3.05. The molecule has 0 aliphatic heterocycles. The van der Waals surface area contributed by atoms with Gasteiger partial charge in [0.1, 0.15) is 0 Å². The summed E-state index contributed by atoms with van der Waals surface area (Å²) in [6.07, 6.45) is 0. The van der Waals surface area contributed by atoms with Gasteiger partial charge in [0.2, 0.25) is 0 Å². The van der Waals surface area contributed by atoms with Gasteiger partial charge < -0.3 is 5.32 Å². The lowest BCUT2D eigenvalue weighted by molar-refractivity contribution is 0.630. The first-order valence-electron chi connectivity index (χ1n) is 6.05. The first-order valence-corrected chi connectivity index (χ1v) is 8.02. The summed E-state index contributed by atoms with van der Waals surface area (Å²) in [5, 5.41) is 4.25. The predicted molar refractivity (Wildman–Crippen MR) is 88.8 cm³/mol. The van der Waals surface area contributed by atoms with Gasteiger partial charge in [-0.25, -0.2) is 0 Å². The molecule has 0 bridgehead atoms. The second kappa shape index (κ2) is 6.89. The zero-order chi connectivity index (χ0) is 13.8. The maximum Gasteiger partial charge on any atom is 0.0591 e. The highest BCUT2D eigenvalue weighted by molar-refractivity contribution is 9.10. The van der Waals surface area contributed by atoms with Crippen LogP contribution < -0.4 is 5.32 Å². The molecular weight excluding hydrogens is 389 g/mol. The lowest BCUT2D eigenvalue weighted by Gasteiger charge is -2.20. The Kier molecular flexibility index (Phi) is 5.46. The molecule has 0 amide bonds. The summed E-state index contributed by atoms with van der Waals surface area (Å²) in [7, 11) is 0. The average Bonchev–Trinajstić information content (AvgIpc) is 2.38. The third kappa shape index (κ3) is 3.82. The van der Waals surface area contributed by atoms with Gasteiger partial charge in [0.25, 0.3) is 0 Å². The van der Waals surface area contributed by atoms with E-state index < -0.39 is 0 Å². The lowest BCUT2D eigenvalue weighted by atomic mass is 9.98. The Morgan fingerprint density at radius 3 is 2.26 bits per heavy atom. The number of hydrogen-bond donors (Lipinski definition) is 1. The second-order valence-corrected chi connectivity index (χ2v) is 6.45. The van der Waals surface area contributed by atoms with Gasteiger partial charge in [-0.05, 0) is 41.9 Å². The zero-order valence-electron chi connectivity index (χ0n) is 10.5. The van der Waals surface area contributed by atoms with E-state index in [1.54, 1.807) is 0 Å². The SMILES string of the molecule is CCNC(c1ccc(Br)cc1)c1ccc(Br)cc1Cl. The van der Waals surface area contributed by atoms with Gasteiger partial charge in [0.05, 0.1) is 6.04 Å². The average molecular weight is 404 g/mol. The Hall–Kier alpha value is -0.350. The maximum absolute atomic E-state index is 6.36. The van der Waals surface area contributed by atoms with Crippen molar-refractivity contribution in [1.29, 1.82) is 0 Å². The van der Waals surface area contributed by atoms with Gasteiger partial charge in [-0.2, -0.15) is 0 Å². The van der Waals surface area contributed by atoms with Crippen molar-refractivity contribution >= 4 is 43.5 Å². The summed E-state index contributed by atoms with van der Waals surface area (Å²) < 4.78 is 2.07. The minimum Gasteiger partial charge on any atom is -0.306 e. The Morgan fingerprint density at radius 1 is 1.05 bits per heavy atom. The lowest BCUT2D eigenvalue weighted by Crippen LogP contribution is -2.22. The van der Waals surface area contributed by atoms with Crippen molar-refractivity contribution in [3.63, 3.8) is 0 Å². The third-order valence-electron chi connectivity index (χ3n) is 2.89. The van der Waals surface area contributed by atoms with Crippen LogP contribution in [0.2, 0.25) is 5.02 Å². The van der Waals surface area contributed by atoms with E-state index >= 15 is 0 Å². The van der Waals surface area contributed by atoms with Crippen LogP contribution >= 0.6 is 43.5 Å². The molecule has 1 atom stereocenters. The molecular formula is C15H14Br2ClN. The Morgan fingerprint density at radius 2 is 1.68 bits per heavy atom. The highest BCUT2D eigenvalue weighted by Gasteiger charge is 2.16. The fourth-order valence-electron chi connectivity index (χ4n) is 2.00. The van der Waals surface area contributed by atoms with Crippen LogP contribution in [0.4, 0.5) is 0 Å². The molecule has 0 radical (unpaired) electrons. The van der Waals surface area contributed by atoms with Crippen LogP contribution in [-0.4, -0.2) is 6.54 Å². The molecule has 4 heteroatoms. The second-order valence-electron chi connectivity index (χ2n) is 4.21. The monoisotopic (exact) mass is 401 g/mol. The fraction of sp³-hybridized carbons (Fsp3) is 0.200. The molecule has 0 spiro atoms. The Bertz CT molecular complexity index is 555. The number of halogens is 3. The van der Waals surface area contributed by atoms with Crippen LogP contribution in [0.15, 0.2) is 51.4 Å². The molecule has 2 rings (SSSR count). The molecule has 0 fully saturated rings. The van der Waals surface area contributed by atoms with Crippen molar-refractivity contribution in [3.8, 4) is 0 Å². The molecule has 0 aliphatic rings. The van der Waals surface area contributed by atoms with E-state index in [2.05, 4.69) is 62.3 Å². The molecule has 0 heterocycles. The van der Waals surface area contributed by atoms with Crippen LogP contribution in [0.3, 0.4) is 0 Å². The maximum atomic E-state index is 6.36. The van der Waals surface area contributed by atoms with E-state index in [0.29, 0.717) is 0 Å². The number of benzene rings is 2. The topological polar surface area (TPSA) is 12.0 Å². The Labute approximate surface area is 135 Å². The van der Waals surface area contributed by atoms with Crippen LogP contribution in [0.5, 0.6) is 0 Å². The molecule has 19 heavy (non-hydrogen) atoms. The van der Waals surface area contributed by atoms with E-state index in [1.165, 1.54) is 5.56 Å². The molecule has 100 valence electrons. The molecule has 2 aromatic carbocycles. The number of nitrogens with one attached hydrogen (secondary N) is 1. The van der Waals surface area contributed by atoms with Crippen LogP contribution in [0.1, 0.15) is 24.1 Å². The molecule has 2 aromatic rings. The summed E-state index contributed by atoms with van der Waals surface area (Å²) in [4.78, 5) is 0. The molecule has 0 aliphatic carbocycles. The molecule has 1 N–H and O–H groups in total.